The Labute approximate surface area is 162 Å². The van der Waals surface area contributed by atoms with E-state index >= 15 is 0 Å². The molecule has 3 heterocycles. The summed E-state index contributed by atoms with van der Waals surface area (Å²) >= 11 is 0. The van der Waals surface area contributed by atoms with Crippen molar-refractivity contribution in [1.29, 1.82) is 0 Å². The molecule has 2 aliphatic heterocycles. The molecule has 0 aliphatic carbocycles. The highest BCUT2D eigenvalue weighted by molar-refractivity contribution is 5.95. The second-order valence-electron chi connectivity index (χ2n) is 8.42. The van der Waals surface area contributed by atoms with Crippen LogP contribution in [0.3, 0.4) is 0 Å². The van der Waals surface area contributed by atoms with Crippen LogP contribution in [-0.2, 0) is 6.54 Å². The molecule has 2 aromatic rings. The third-order valence-electron chi connectivity index (χ3n) is 6.19. The van der Waals surface area contributed by atoms with Crippen LogP contribution >= 0.6 is 0 Å². The molecule has 4 nitrogen and oxygen atoms in total. The number of benzene rings is 1. The van der Waals surface area contributed by atoms with Crippen LogP contribution in [-0.4, -0.2) is 46.9 Å². The van der Waals surface area contributed by atoms with Gasteiger partial charge in [-0.1, -0.05) is 29.8 Å². The summed E-state index contributed by atoms with van der Waals surface area (Å²) in [5, 5.41) is 0. The molecule has 0 bridgehead atoms. The number of aromatic nitrogens is 1. The van der Waals surface area contributed by atoms with Crippen LogP contribution in [0, 0.1) is 19.3 Å². The zero-order chi connectivity index (χ0) is 18.9. The number of carbonyl (C=O) groups is 1. The number of piperidine rings is 1. The van der Waals surface area contributed by atoms with Crippen molar-refractivity contribution in [1.82, 2.24) is 14.8 Å². The van der Waals surface area contributed by atoms with Crippen LogP contribution in [0.15, 0.2) is 42.6 Å². The normalized spacial score (nSPS) is 23.1. The van der Waals surface area contributed by atoms with Crippen molar-refractivity contribution in [2.75, 3.05) is 26.2 Å². The number of carbonyl (C=O) groups excluding carboxylic acids is 1. The Hall–Kier alpha value is -2.20. The van der Waals surface area contributed by atoms with Gasteiger partial charge in [-0.25, -0.2) is 0 Å². The van der Waals surface area contributed by atoms with Gasteiger partial charge in [0.25, 0.3) is 5.91 Å². The molecule has 1 spiro atoms. The summed E-state index contributed by atoms with van der Waals surface area (Å²) < 4.78 is 0. The standard InChI is InChI=1S/C23H29N3O/c1-18-6-3-7-20(14-18)15-25-12-5-9-23(16-25)10-13-26(17-23)22(27)21-8-4-11-24-19(21)2/h3-4,6-8,11,14H,5,9-10,12-13,15-17H2,1-2H3. The number of hydrogen-bond acceptors (Lipinski definition) is 3. The van der Waals surface area contributed by atoms with E-state index in [-0.39, 0.29) is 11.3 Å². The van der Waals surface area contributed by atoms with Crippen molar-refractivity contribution in [3.05, 3.63) is 65.0 Å². The fraction of sp³-hybridized carbons (Fsp3) is 0.478. The van der Waals surface area contributed by atoms with E-state index in [1.165, 1.54) is 24.0 Å². The Balaban J connectivity index is 1.43. The van der Waals surface area contributed by atoms with Crippen molar-refractivity contribution in [2.24, 2.45) is 5.41 Å². The minimum Gasteiger partial charge on any atom is -0.338 e. The van der Waals surface area contributed by atoms with E-state index < -0.39 is 0 Å². The number of aryl methyl sites for hydroxylation is 2. The minimum atomic E-state index is 0.147. The second kappa shape index (κ2) is 7.43. The molecule has 1 amide bonds. The molecule has 1 aromatic carbocycles. The second-order valence-corrected chi connectivity index (χ2v) is 8.42. The molecule has 0 saturated carbocycles. The molecule has 2 fully saturated rings. The average Bonchev–Trinajstić information content (AvgIpc) is 3.05. The molecule has 1 unspecified atom stereocenters. The first-order chi connectivity index (χ1) is 13.0. The van der Waals surface area contributed by atoms with Crippen molar-refractivity contribution in [3.8, 4) is 0 Å². The minimum absolute atomic E-state index is 0.147. The summed E-state index contributed by atoms with van der Waals surface area (Å²) in [6.07, 6.45) is 5.32. The van der Waals surface area contributed by atoms with Crippen molar-refractivity contribution in [3.63, 3.8) is 0 Å². The largest absolute Gasteiger partial charge is 0.338 e. The first-order valence-electron chi connectivity index (χ1n) is 10.0. The van der Waals surface area contributed by atoms with E-state index in [1.54, 1.807) is 6.20 Å². The van der Waals surface area contributed by atoms with Gasteiger partial charge in [-0.2, -0.15) is 0 Å². The zero-order valence-corrected chi connectivity index (χ0v) is 16.4. The van der Waals surface area contributed by atoms with E-state index in [0.717, 1.165) is 50.4 Å². The quantitative estimate of drug-likeness (QED) is 0.832. The molecule has 2 aliphatic rings. The lowest BCUT2D eigenvalue weighted by atomic mass is 9.79. The topological polar surface area (TPSA) is 36.4 Å². The Morgan fingerprint density at radius 3 is 2.81 bits per heavy atom. The molecule has 4 heteroatoms. The highest BCUT2D eigenvalue weighted by Gasteiger charge is 2.43. The molecule has 2 saturated heterocycles. The molecule has 0 radical (unpaired) electrons. The van der Waals surface area contributed by atoms with Crippen LogP contribution in [0.1, 0.15) is 46.4 Å². The maximum Gasteiger partial charge on any atom is 0.255 e. The third-order valence-corrected chi connectivity index (χ3v) is 6.19. The first-order valence-corrected chi connectivity index (χ1v) is 10.0. The van der Waals surface area contributed by atoms with E-state index in [4.69, 9.17) is 0 Å². The van der Waals surface area contributed by atoms with E-state index in [9.17, 15) is 4.79 Å². The number of pyridine rings is 1. The number of amides is 1. The number of hydrogen-bond donors (Lipinski definition) is 0. The summed E-state index contributed by atoms with van der Waals surface area (Å²) in [5.74, 6) is 0.147. The highest BCUT2D eigenvalue weighted by atomic mass is 16.2. The summed E-state index contributed by atoms with van der Waals surface area (Å²) in [6, 6.07) is 12.6. The van der Waals surface area contributed by atoms with Gasteiger partial charge in [0.2, 0.25) is 0 Å². The van der Waals surface area contributed by atoms with Gasteiger partial charge >= 0.3 is 0 Å². The smallest absolute Gasteiger partial charge is 0.255 e. The molecule has 0 N–H and O–H groups in total. The zero-order valence-electron chi connectivity index (χ0n) is 16.4. The van der Waals surface area contributed by atoms with Crippen LogP contribution in [0.2, 0.25) is 0 Å². The van der Waals surface area contributed by atoms with Crippen LogP contribution in [0.4, 0.5) is 0 Å². The lowest BCUT2D eigenvalue weighted by Crippen LogP contribution is -2.45. The average molecular weight is 364 g/mol. The van der Waals surface area contributed by atoms with Gasteiger partial charge in [-0.05, 0) is 57.4 Å². The third kappa shape index (κ3) is 3.91. The van der Waals surface area contributed by atoms with Gasteiger partial charge in [-0.15, -0.1) is 0 Å². The first kappa shape index (κ1) is 18.2. The number of rotatable bonds is 3. The Morgan fingerprint density at radius 1 is 1.11 bits per heavy atom. The summed E-state index contributed by atoms with van der Waals surface area (Å²) in [4.78, 5) is 21.9. The van der Waals surface area contributed by atoms with Gasteiger partial charge in [0.1, 0.15) is 0 Å². The summed E-state index contributed by atoms with van der Waals surface area (Å²) in [6.45, 7) is 9.09. The van der Waals surface area contributed by atoms with Gasteiger partial charge in [0.05, 0.1) is 5.56 Å². The van der Waals surface area contributed by atoms with Crippen molar-refractivity contribution >= 4 is 5.91 Å². The molecule has 1 aromatic heterocycles. The Bertz CT molecular complexity index is 834. The highest BCUT2D eigenvalue weighted by Crippen LogP contribution is 2.39. The van der Waals surface area contributed by atoms with Crippen LogP contribution in [0.25, 0.3) is 0 Å². The molecular formula is C23H29N3O. The van der Waals surface area contributed by atoms with E-state index in [2.05, 4.69) is 46.0 Å². The Morgan fingerprint density at radius 2 is 2.00 bits per heavy atom. The summed E-state index contributed by atoms with van der Waals surface area (Å²) in [7, 11) is 0. The predicted octanol–water partition coefficient (Wildman–Crippen LogP) is 3.83. The van der Waals surface area contributed by atoms with E-state index in [1.807, 2.05) is 19.1 Å². The molecule has 27 heavy (non-hydrogen) atoms. The van der Waals surface area contributed by atoms with Crippen LogP contribution < -0.4 is 0 Å². The molecule has 4 rings (SSSR count). The fourth-order valence-corrected chi connectivity index (χ4v) is 4.84. The molecule has 1 atom stereocenters. The maximum absolute atomic E-state index is 13.0. The molecular weight excluding hydrogens is 334 g/mol. The summed E-state index contributed by atoms with van der Waals surface area (Å²) in [5.41, 5.74) is 4.55. The lowest BCUT2D eigenvalue weighted by Gasteiger charge is -2.40. The number of nitrogens with zero attached hydrogens (tertiary/aromatic N) is 3. The number of likely N-dealkylation sites (tertiary alicyclic amines) is 2. The SMILES string of the molecule is Cc1cccc(CN2CCCC3(CCN(C(=O)c4cccnc4C)C3)C2)c1. The van der Waals surface area contributed by atoms with E-state index in [0.29, 0.717) is 0 Å². The van der Waals surface area contributed by atoms with Gasteiger partial charge < -0.3 is 4.90 Å². The van der Waals surface area contributed by atoms with Crippen LogP contribution in [0.5, 0.6) is 0 Å². The van der Waals surface area contributed by atoms with Crippen molar-refractivity contribution < 1.29 is 4.79 Å². The van der Waals surface area contributed by atoms with Gasteiger partial charge in [0.15, 0.2) is 0 Å². The maximum atomic E-state index is 13.0. The lowest BCUT2D eigenvalue weighted by molar-refractivity contribution is 0.0674. The van der Waals surface area contributed by atoms with Crippen molar-refractivity contribution in [2.45, 2.75) is 39.7 Å². The molecule has 142 valence electrons. The van der Waals surface area contributed by atoms with Gasteiger partial charge in [-0.3, -0.25) is 14.7 Å². The predicted molar refractivity (Wildman–Crippen MR) is 108 cm³/mol. The fourth-order valence-electron chi connectivity index (χ4n) is 4.84. The Kier molecular flexibility index (Phi) is 5.00. The van der Waals surface area contributed by atoms with Gasteiger partial charge in [0, 0.05) is 43.5 Å². The monoisotopic (exact) mass is 363 g/mol.